The molecule has 4 aliphatic rings. The summed E-state index contributed by atoms with van der Waals surface area (Å²) in [6.45, 7) is 18.5. The number of nitrogens with one attached hydrogen (secondary N) is 1. The van der Waals surface area contributed by atoms with Crippen LogP contribution in [0.1, 0.15) is 138 Å². The first-order valence-corrected chi connectivity index (χ1v) is 19.8. The van der Waals surface area contributed by atoms with Gasteiger partial charge in [0.05, 0.1) is 0 Å². The highest BCUT2D eigenvalue weighted by Gasteiger charge is 2.59. The number of hydrogen-bond donors (Lipinski definition) is 4. The summed E-state index contributed by atoms with van der Waals surface area (Å²) in [7, 11) is 0. The standard InChI is InChI=1S/C40H74N4O2/c1-7-30(28(2)3)13-12-29(4)34-16-17-35-33-15-14-32-27-31(18-20-39(32,5)36(33)19-21-40(34,35)6)37(43-24-9-22-41)11-8-25-44(38(45)46)26-10-23-42/h14,28-31,33-37,43H,7-13,15-27,41-42H2,1-6H3,(H,45,46)/t29-,30-,31+,33+,34-,35+,36+,37?,39+,40-/m1/s1. The van der Waals surface area contributed by atoms with Crippen LogP contribution in [-0.2, 0) is 0 Å². The normalized spacial score (nSPS) is 34.3. The van der Waals surface area contributed by atoms with Crippen molar-refractivity contribution in [2.45, 2.75) is 144 Å². The molecule has 266 valence electrons. The molecule has 3 saturated carbocycles. The van der Waals surface area contributed by atoms with Gasteiger partial charge in [0, 0.05) is 19.1 Å². The fourth-order valence-corrected chi connectivity index (χ4v) is 11.7. The second-order valence-corrected chi connectivity index (χ2v) is 17.2. The van der Waals surface area contributed by atoms with E-state index in [0.29, 0.717) is 49.0 Å². The lowest BCUT2D eigenvalue weighted by molar-refractivity contribution is -0.0540. The van der Waals surface area contributed by atoms with Crippen molar-refractivity contribution in [2.75, 3.05) is 32.7 Å². The number of hydrogen-bond acceptors (Lipinski definition) is 4. The van der Waals surface area contributed by atoms with E-state index in [0.717, 1.165) is 73.7 Å². The number of carbonyl (C=O) groups is 1. The summed E-state index contributed by atoms with van der Waals surface area (Å²) >= 11 is 0. The van der Waals surface area contributed by atoms with E-state index in [4.69, 9.17) is 11.5 Å². The van der Waals surface area contributed by atoms with Crippen molar-refractivity contribution in [1.82, 2.24) is 10.2 Å². The van der Waals surface area contributed by atoms with Gasteiger partial charge in [-0.05, 0) is 161 Å². The first-order chi connectivity index (χ1) is 22.0. The summed E-state index contributed by atoms with van der Waals surface area (Å²) in [6.07, 6.45) is 20.6. The fourth-order valence-electron chi connectivity index (χ4n) is 11.7. The minimum absolute atomic E-state index is 0.361. The van der Waals surface area contributed by atoms with E-state index in [1.165, 1.54) is 70.6 Å². The molecule has 0 heterocycles. The van der Waals surface area contributed by atoms with E-state index in [2.05, 4.69) is 52.9 Å². The zero-order valence-corrected chi connectivity index (χ0v) is 30.9. The third-order valence-electron chi connectivity index (χ3n) is 14.6. The molecule has 46 heavy (non-hydrogen) atoms. The van der Waals surface area contributed by atoms with Crippen molar-refractivity contribution < 1.29 is 9.90 Å². The zero-order chi connectivity index (χ0) is 33.5. The zero-order valence-electron chi connectivity index (χ0n) is 30.9. The second-order valence-electron chi connectivity index (χ2n) is 17.2. The molecule has 0 radical (unpaired) electrons. The maximum Gasteiger partial charge on any atom is 0.407 e. The fraction of sp³-hybridized carbons (Fsp3) is 0.925. The molecule has 3 fully saturated rings. The number of fused-ring (bicyclic) bond motifs is 5. The van der Waals surface area contributed by atoms with E-state index in [9.17, 15) is 9.90 Å². The van der Waals surface area contributed by atoms with Crippen LogP contribution < -0.4 is 16.8 Å². The molecule has 0 bridgehead atoms. The predicted molar refractivity (Wildman–Crippen MR) is 194 cm³/mol. The van der Waals surface area contributed by atoms with Gasteiger partial charge in [-0.25, -0.2) is 4.79 Å². The van der Waals surface area contributed by atoms with Crippen LogP contribution in [0.4, 0.5) is 4.79 Å². The molecule has 0 aromatic rings. The SMILES string of the molecule is CC[C@H](CC[C@@H](C)[C@H]1CC[C@H]2[C@@H]3CC=C4C[C@@H](C(CCCN(CCCN)C(=O)O)NCCCN)CC[C@]4(C)[C@H]3CC[C@]12C)C(C)C. The molecular formula is C40H74N4O2. The van der Waals surface area contributed by atoms with Crippen LogP contribution in [0.2, 0.25) is 0 Å². The maximum atomic E-state index is 11.8. The van der Waals surface area contributed by atoms with E-state index in [1.54, 1.807) is 10.5 Å². The molecule has 10 atom stereocenters. The molecule has 0 aromatic carbocycles. The van der Waals surface area contributed by atoms with Gasteiger partial charge >= 0.3 is 6.09 Å². The molecule has 0 aliphatic heterocycles. The van der Waals surface area contributed by atoms with Crippen molar-refractivity contribution in [2.24, 2.45) is 69.6 Å². The number of allylic oxidation sites excluding steroid dienone is 2. The summed E-state index contributed by atoms with van der Waals surface area (Å²) in [5, 5.41) is 13.6. The number of amides is 1. The summed E-state index contributed by atoms with van der Waals surface area (Å²) in [4.78, 5) is 13.3. The van der Waals surface area contributed by atoms with Gasteiger partial charge in [-0.15, -0.1) is 0 Å². The molecule has 0 saturated heterocycles. The quantitative estimate of drug-likeness (QED) is 0.0884. The third-order valence-corrected chi connectivity index (χ3v) is 14.6. The van der Waals surface area contributed by atoms with Crippen molar-refractivity contribution in [3.8, 4) is 0 Å². The largest absolute Gasteiger partial charge is 0.465 e. The highest BCUT2D eigenvalue weighted by atomic mass is 16.4. The summed E-state index contributed by atoms with van der Waals surface area (Å²) in [6, 6.07) is 0.426. The number of nitrogens with zero attached hydrogens (tertiary/aromatic N) is 1. The van der Waals surface area contributed by atoms with E-state index >= 15 is 0 Å². The molecule has 1 amide bonds. The summed E-state index contributed by atoms with van der Waals surface area (Å²) in [5.41, 5.74) is 14.2. The minimum atomic E-state index is -0.820. The van der Waals surface area contributed by atoms with Crippen LogP contribution in [0.25, 0.3) is 0 Å². The van der Waals surface area contributed by atoms with Crippen LogP contribution in [0.3, 0.4) is 0 Å². The van der Waals surface area contributed by atoms with Crippen LogP contribution in [0, 0.1) is 58.2 Å². The monoisotopic (exact) mass is 643 g/mol. The van der Waals surface area contributed by atoms with Crippen molar-refractivity contribution in [1.29, 1.82) is 0 Å². The lowest BCUT2D eigenvalue weighted by Gasteiger charge is -2.59. The molecule has 6 N–H and O–H groups in total. The Morgan fingerprint density at radius 3 is 2.39 bits per heavy atom. The highest BCUT2D eigenvalue weighted by molar-refractivity contribution is 5.64. The second kappa shape index (κ2) is 17.0. The minimum Gasteiger partial charge on any atom is -0.465 e. The van der Waals surface area contributed by atoms with Gasteiger partial charge in [0.25, 0.3) is 0 Å². The Morgan fingerprint density at radius 1 is 0.978 bits per heavy atom. The smallest absolute Gasteiger partial charge is 0.407 e. The van der Waals surface area contributed by atoms with Crippen molar-refractivity contribution in [3.63, 3.8) is 0 Å². The van der Waals surface area contributed by atoms with Gasteiger partial charge < -0.3 is 26.8 Å². The Morgan fingerprint density at radius 2 is 1.72 bits per heavy atom. The average molecular weight is 643 g/mol. The molecule has 4 rings (SSSR count). The van der Waals surface area contributed by atoms with E-state index < -0.39 is 6.09 Å². The molecule has 1 unspecified atom stereocenters. The first kappa shape index (κ1) is 37.7. The van der Waals surface area contributed by atoms with Gasteiger partial charge in [-0.1, -0.05) is 66.0 Å². The van der Waals surface area contributed by atoms with Gasteiger partial charge in [0.2, 0.25) is 0 Å². The van der Waals surface area contributed by atoms with E-state index in [-0.39, 0.29) is 0 Å². The van der Waals surface area contributed by atoms with E-state index in [1.807, 2.05) is 0 Å². The van der Waals surface area contributed by atoms with Crippen LogP contribution in [0.5, 0.6) is 0 Å². The molecule has 0 aromatic heterocycles. The number of nitrogens with two attached hydrogens (primary N) is 2. The van der Waals surface area contributed by atoms with Crippen molar-refractivity contribution >= 4 is 6.09 Å². The van der Waals surface area contributed by atoms with Crippen LogP contribution in [-0.4, -0.2) is 54.9 Å². The molecule has 6 heteroatoms. The summed E-state index contributed by atoms with van der Waals surface area (Å²) in [5.74, 6) is 6.70. The van der Waals surface area contributed by atoms with Gasteiger partial charge in [0.1, 0.15) is 0 Å². The van der Waals surface area contributed by atoms with Crippen LogP contribution in [0.15, 0.2) is 11.6 Å². The predicted octanol–water partition coefficient (Wildman–Crippen LogP) is 8.70. The Labute approximate surface area is 283 Å². The average Bonchev–Trinajstić information content (AvgIpc) is 3.38. The van der Waals surface area contributed by atoms with Gasteiger partial charge in [-0.2, -0.15) is 0 Å². The molecule has 4 aliphatic carbocycles. The number of rotatable bonds is 18. The lowest BCUT2D eigenvalue weighted by Crippen LogP contribution is -2.51. The Balaban J connectivity index is 1.40. The highest BCUT2D eigenvalue weighted by Crippen LogP contribution is 2.67. The Hall–Kier alpha value is -1.11. The molecular weight excluding hydrogens is 568 g/mol. The topological polar surface area (TPSA) is 105 Å². The van der Waals surface area contributed by atoms with Crippen LogP contribution >= 0.6 is 0 Å². The lowest BCUT2D eigenvalue weighted by atomic mass is 9.46. The van der Waals surface area contributed by atoms with Gasteiger partial charge in [-0.3, -0.25) is 0 Å². The number of carboxylic acid groups (broad SMARTS) is 1. The Kier molecular flexibility index (Phi) is 13.9. The van der Waals surface area contributed by atoms with Crippen molar-refractivity contribution in [3.05, 3.63) is 11.6 Å². The molecule has 0 spiro atoms. The molecule has 6 nitrogen and oxygen atoms in total. The van der Waals surface area contributed by atoms with Gasteiger partial charge in [0.15, 0.2) is 0 Å². The first-order valence-electron chi connectivity index (χ1n) is 19.8. The third kappa shape index (κ3) is 8.36. The Bertz CT molecular complexity index is 984. The maximum absolute atomic E-state index is 11.8. The summed E-state index contributed by atoms with van der Waals surface area (Å²) < 4.78 is 0.